The van der Waals surface area contributed by atoms with Gasteiger partial charge in [0.25, 0.3) is 5.69 Å². The molecular formula is C17H24N2O4. The van der Waals surface area contributed by atoms with Crippen molar-refractivity contribution in [3.05, 3.63) is 39.9 Å². The molecule has 0 bridgehead atoms. The van der Waals surface area contributed by atoms with E-state index in [9.17, 15) is 14.9 Å². The van der Waals surface area contributed by atoms with Gasteiger partial charge < -0.3 is 10.1 Å². The number of ether oxygens (including phenoxy) is 1. The number of carbonyl (C=O) groups excluding carboxylic acids is 1. The molecule has 2 rings (SSSR count). The third kappa shape index (κ3) is 4.28. The summed E-state index contributed by atoms with van der Waals surface area (Å²) >= 11 is 0. The van der Waals surface area contributed by atoms with E-state index in [2.05, 4.69) is 12.2 Å². The van der Waals surface area contributed by atoms with E-state index >= 15 is 0 Å². The van der Waals surface area contributed by atoms with Crippen molar-refractivity contribution in [2.24, 2.45) is 5.92 Å². The first-order chi connectivity index (χ1) is 11.0. The van der Waals surface area contributed by atoms with Gasteiger partial charge in [-0.3, -0.25) is 10.1 Å². The van der Waals surface area contributed by atoms with E-state index in [0.717, 1.165) is 12.8 Å². The lowest BCUT2D eigenvalue weighted by Crippen LogP contribution is -2.51. The van der Waals surface area contributed by atoms with E-state index in [1.807, 2.05) is 7.05 Å². The van der Waals surface area contributed by atoms with Crippen LogP contribution in [0.2, 0.25) is 0 Å². The molecule has 1 aromatic rings. The Bertz CT molecular complexity index is 552. The van der Waals surface area contributed by atoms with Gasteiger partial charge in [0.2, 0.25) is 0 Å². The number of hydrogen-bond acceptors (Lipinski definition) is 5. The highest BCUT2D eigenvalue weighted by Gasteiger charge is 2.35. The first kappa shape index (κ1) is 17.4. The Morgan fingerprint density at radius 2 is 1.91 bits per heavy atom. The van der Waals surface area contributed by atoms with Gasteiger partial charge in [-0.15, -0.1) is 0 Å². The minimum absolute atomic E-state index is 0.0381. The predicted octanol–water partition coefficient (Wildman–Crippen LogP) is 3.31. The Morgan fingerprint density at radius 3 is 2.43 bits per heavy atom. The molecule has 23 heavy (non-hydrogen) atoms. The molecule has 0 heterocycles. The summed E-state index contributed by atoms with van der Waals surface area (Å²) < 4.78 is 5.47. The van der Waals surface area contributed by atoms with E-state index in [0.29, 0.717) is 18.1 Å². The highest BCUT2D eigenvalue weighted by molar-refractivity contribution is 5.89. The van der Waals surface area contributed by atoms with Crippen LogP contribution in [0.1, 0.15) is 49.4 Å². The highest BCUT2D eigenvalue weighted by Crippen LogP contribution is 2.32. The van der Waals surface area contributed by atoms with Crippen molar-refractivity contribution in [3.63, 3.8) is 0 Å². The monoisotopic (exact) mass is 320 g/mol. The molecule has 126 valence electrons. The number of likely N-dealkylation sites (N-methyl/N-ethyl adjacent to an activating group) is 1. The Balaban J connectivity index is 1.97. The Kier molecular flexibility index (Phi) is 5.71. The van der Waals surface area contributed by atoms with Crippen LogP contribution in [-0.2, 0) is 4.74 Å². The average molecular weight is 320 g/mol. The number of carbonyl (C=O) groups is 1. The lowest BCUT2D eigenvalue weighted by atomic mass is 9.76. The Hall–Kier alpha value is -1.95. The van der Waals surface area contributed by atoms with Crippen LogP contribution >= 0.6 is 0 Å². The standard InChI is InChI=1S/C17H24N2O4/c1-17(18-2,14-6-4-3-5-7-14)12-23-16(20)13-8-10-15(11-9-13)19(21)22/h8-11,14,18H,3-7,12H2,1-2H3/t17-/m0/s1. The van der Waals surface area contributed by atoms with Gasteiger partial charge in [-0.1, -0.05) is 19.3 Å². The molecule has 6 heteroatoms. The Morgan fingerprint density at radius 1 is 1.30 bits per heavy atom. The van der Waals surface area contributed by atoms with Gasteiger partial charge >= 0.3 is 5.97 Å². The molecule has 0 amide bonds. The summed E-state index contributed by atoms with van der Waals surface area (Å²) in [5.74, 6) is 0.0445. The largest absolute Gasteiger partial charge is 0.460 e. The molecule has 1 saturated carbocycles. The van der Waals surface area contributed by atoms with Gasteiger partial charge in [0.05, 0.1) is 16.0 Å². The summed E-state index contributed by atoms with van der Waals surface area (Å²) in [6.07, 6.45) is 6.01. The Labute approximate surface area is 136 Å². The first-order valence-corrected chi connectivity index (χ1v) is 8.07. The summed E-state index contributed by atoms with van der Waals surface area (Å²) in [4.78, 5) is 22.3. The number of nitro benzene ring substituents is 1. The third-order valence-corrected chi connectivity index (χ3v) is 4.89. The smallest absolute Gasteiger partial charge is 0.338 e. The van der Waals surface area contributed by atoms with E-state index in [1.165, 1.54) is 43.5 Å². The van der Waals surface area contributed by atoms with Crippen LogP contribution < -0.4 is 5.32 Å². The summed E-state index contributed by atoms with van der Waals surface area (Å²) in [6, 6.07) is 5.49. The number of esters is 1. The van der Waals surface area contributed by atoms with Gasteiger partial charge in [-0.25, -0.2) is 4.79 Å². The number of non-ortho nitro benzene ring substituents is 1. The maximum Gasteiger partial charge on any atom is 0.338 e. The molecule has 0 aromatic heterocycles. The van der Waals surface area contributed by atoms with Gasteiger partial charge in [0.15, 0.2) is 0 Å². The van der Waals surface area contributed by atoms with Crippen LogP contribution in [0, 0.1) is 16.0 Å². The first-order valence-electron chi connectivity index (χ1n) is 8.07. The van der Waals surface area contributed by atoms with Gasteiger partial charge in [0.1, 0.15) is 6.61 Å². The molecule has 0 aliphatic heterocycles. The fourth-order valence-electron chi connectivity index (χ4n) is 3.15. The van der Waals surface area contributed by atoms with Crippen LogP contribution in [0.4, 0.5) is 5.69 Å². The second-order valence-corrected chi connectivity index (χ2v) is 6.38. The minimum atomic E-state index is -0.490. The number of nitro groups is 1. The molecule has 1 fully saturated rings. The van der Waals surface area contributed by atoms with Crippen LogP contribution in [0.25, 0.3) is 0 Å². The lowest BCUT2D eigenvalue weighted by Gasteiger charge is -2.39. The maximum absolute atomic E-state index is 12.2. The quantitative estimate of drug-likeness (QED) is 0.494. The molecular weight excluding hydrogens is 296 g/mol. The van der Waals surface area contributed by atoms with E-state index in [-0.39, 0.29) is 11.2 Å². The molecule has 1 aromatic carbocycles. The number of nitrogens with zero attached hydrogens (tertiary/aromatic N) is 1. The van der Waals surface area contributed by atoms with Crippen molar-refractivity contribution in [1.29, 1.82) is 0 Å². The number of benzene rings is 1. The van der Waals surface area contributed by atoms with Crippen molar-refractivity contribution >= 4 is 11.7 Å². The van der Waals surface area contributed by atoms with E-state index in [4.69, 9.17) is 4.74 Å². The molecule has 1 N–H and O–H groups in total. The summed E-state index contributed by atoms with van der Waals surface area (Å²) in [5.41, 5.74) is 0.0538. The molecule has 6 nitrogen and oxygen atoms in total. The molecule has 0 unspecified atom stereocenters. The second kappa shape index (κ2) is 7.55. The fraction of sp³-hybridized carbons (Fsp3) is 0.588. The molecule has 0 spiro atoms. The summed E-state index contributed by atoms with van der Waals surface area (Å²) in [7, 11) is 1.90. The van der Waals surface area contributed by atoms with E-state index in [1.54, 1.807) is 0 Å². The minimum Gasteiger partial charge on any atom is -0.460 e. The zero-order valence-corrected chi connectivity index (χ0v) is 13.7. The number of nitrogens with one attached hydrogen (secondary N) is 1. The van der Waals surface area contributed by atoms with Crippen LogP contribution in [0.15, 0.2) is 24.3 Å². The average Bonchev–Trinajstić information content (AvgIpc) is 2.60. The van der Waals surface area contributed by atoms with Crippen LogP contribution in [0.3, 0.4) is 0 Å². The van der Waals surface area contributed by atoms with Gasteiger partial charge in [0, 0.05) is 12.1 Å². The molecule has 1 aliphatic rings. The molecule has 0 radical (unpaired) electrons. The van der Waals surface area contributed by atoms with Crippen molar-refractivity contribution in [3.8, 4) is 0 Å². The normalized spacial score (nSPS) is 18.2. The van der Waals surface area contributed by atoms with E-state index < -0.39 is 10.9 Å². The predicted molar refractivity (Wildman–Crippen MR) is 87.4 cm³/mol. The zero-order valence-electron chi connectivity index (χ0n) is 13.7. The van der Waals surface area contributed by atoms with Crippen molar-refractivity contribution in [1.82, 2.24) is 5.32 Å². The summed E-state index contributed by atoms with van der Waals surface area (Å²) in [6.45, 7) is 2.39. The van der Waals surface area contributed by atoms with Gasteiger partial charge in [-0.05, 0) is 44.9 Å². The van der Waals surface area contributed by atoms with Crippen molar-refractivity contribution in [2.45, 2.75) is 44.6 Å². The molecule has 0 saturated heterocycles. The second-order valence-electron chi connectivity index (χ2n) is 6.38. The maximum atomic E-state index is 12.2. The van der Waals surface area contributed by atoms with Crippen molar-refractivity contribution in [2.75, 3.05) is 13.7 Å². The fourth-order valence-corrected chi connectivity index (χ4v) is 3.15. The summed E-state index contributed by atoms with van der Waals surface area (Å²) in [5, 5.41) is 13.9. The SMILES string of the molecule is CN[C@@](C)(COC(=O)c1ccc([N+](=O)[O-])cc1)C1CCCCC1. The molecule has 1 aliphatic carbocycles. The number of rotatable bonds is 6. The lowest BCUT2D eigenvalue weighted by molar-refractivity contribution is -0.384. The third-order valence-electron chi connectivity index (χ3n) is 4.89. The number of hydrogen-bond donors (Lipinski definition) is 1. The zero-order chi connectivity index (χ0) is 16.9. The van der Waals surface area contributed by atoms with Crippen LogP contribution in [0.5, 0.6) is 0 Å². The molecule has 1 atom stereocenters. The topological polar surface area (TPSA) is 81.5 Å². The van der Waals surface area contributed by atoms with Crippen LogP contribution in [-0.4, -0.2) is 30.1 Å². The highest BCUT2D eigenvalue weighted by atomic mass is 16.6. The van der Waals surface area contributed by atoms with Gasteiger partial charge in [-0.2, -0.15) is 0 Å². The van der Waals surface area contributed by atoms with Crippen molar-refractivity contribution < 1.29 is 14.5 Å².